The van der Waals surface area contributed by atoms with E-state index in [-0.39, 0.29) is 6.61 Å². The van der Waals surface area contributed by atoms with Crippen molar-refractivity contribution in [3.8, 4) is 0 Å². The van der Waals surface area contributed by atoms with Crippen LogP contribution in [0.15, 0.2) is 12.1 Å². The molecule has 0 aliphatic heterocycles. The van der Waals surface area contributed by atoms with Gasteiger partial charge in [-0.15, -0.1) is 5.10 Å². The van der Waals surface area contributed by atoms with Crippen LogP contribution < -0.4 is 0 Å². The Hall–Kier alpha value is -0.670. The average molecular weight is 159 g/mol. The Labute approximate surface area is 63.7 Å². The summed E-state index contributed by atoms with van der Waals surface area (Å²) in [6.45, 7) is 0.0936. The summed E-state index contributed by atoms with van der Waals surface area (Å²) in [6.07, 6.45) is 0.532. The van der Waals surface area contributed by atoms with Gasteiger partial charge in [0.2, 0.25) is 0 Å². The van der Waals surface area contributed by atoms with Crippen molar-refractivity contribution in [2.75, 3.05) is 6.61 Å². The summed E-state index contributed by atoms with van der Waals surface area (Å²) in [6, 6.07) is 3.39. The Morgan fingerprint density at radius 2 is 2.20 bits per heavy atom. The van der Waals surface area contributed by atoms with E-state index in [0.717, 1.165) is 5.69 Å². The molecule has 0 fully saturated rings. The van der Waals surface area contributed by atoms with Crippen LogP contribution in [0.3, 0.4) is 0 Å². The minimum atomic E-state index is 0.0936. The van der Waals surface area contributed by atoms with E-state index in [1.165, 1.54) is 0 Å². The van der Waals surface area contributed by atoms with Crippen LogP contribution in [0.2, 0.25) is 5.15 Å². The van der Waals surface area contributed by atoms with Crippen LogP contribution in [0.25, 0.3) is 0 Å². The van der Waals surface area contributed by atoms with Crippen LogP contribution in [0.1, 0.15) is 5.69 Å². The third-order valence-corrected chi connectivity index (χ3v) is 1.26. The average Bonchev–Trinajstić information content (AvgIpc) is 1.95. The van der Waals surface area contributed by atoms with E-state index < -0.39 is 0 Å². The van der Waals surface area contributed by atoms with Gasteiger partial charge in [-0.25, -0.2) is 0 Å². The van der Waals surface area contributed by atoms with Crippen molar-refractivity contribution in [2.24, 2.45) is 0 Å². The molecule has 1 aromatic heterocycles. The van der Waals surface area contributed by atoms with Crippen LogP contribution in [-0.2, 0) is 6.42 Å². The summed E-state index contributed by atoms with van der Waals surface area (Å²) < 4.78 is 0. The topological polar surface area (TPSA) is 46.0 Å². The highest BCUT2D eigenvalue weighted by molar-refractivity contribution is 6.29. The number of hydrogen-bond acceptors (Lipinski definition) is 3. The number of aliphatic hydroxyl groups is 1. The second kappa shape index (κ2) is 3.49. The molecule has 0 unspecified atom stereocenters. The molecule has 54 valence electrons. The van der Waals surface area contributed by atoms with Gasteiger partial charge < -0.3 is 5.11 Å². The molecule has 0 spiro atoms. The number of nitrogens with zero attached hydrogens (tertiary/aromatic N) is 2. The van der Waals surface area contributed by atoms with Crippen molar-refractivity contribution in [3.05, 3.63) is 23.0 Å². The highest BCUT2D eigenvalue weighted by Gasteiger charge is 1.92. The molecule has 1 heterocycles. The number of rotatable bonds is 2. The summed E-state index contributed by atoms with van der Waals surface area (Å²) in [5.41, 5.74) is 0.756. The molecule has 0 atom stereocenters. The predicted molar refractivity (Wildman–Crippen MR) is 37.8 cm³/mol. The molecular weight excluding hydrogens is 152 g/mol. The van der Waals surface area contributed by atoms with E-state index in [2.05, 4.69) is 10.2 Å². The molecule has 3 nitrogen and oxygen atoms in total. The highest BCUT2D eigenvalue weighted by Crippen LogP contribution is 2.01. The first kappa shape index (κ1) is 7.44. The lowest BCUT2D eigenvalue weighted by Crippen LogP contribution is -1.95. The third kappa shape index (κ3) is 1.93. The maximum absolute atomic E-state index is 8.49. The first-order valence-corrected chi connectivity index (χ1v) is 3.29. The van der Waals surface area contributed by atoms with Crippen LogP contribution in [0, 0.1) is 0 Å². The molecule has 1 N–H and O–H groups in total. The first-order valence-electron chi connectivity index (χ1n) is 2.92. The minimum absolute atomic E-state index is 0.0936. The van der Waals surface area contributed by atoms with E-state index in [1.807, 2.05) is 0 Å². The second-order valence-electron chi connectivity index (χ2n) is 1.82. The van der Waals surface area contributed by atoms with Gasteiger partial charge in [-0.3, -0.25) is 0 Å². The van der Waals surface area contributed by atoms with Crippen molar-refractivity contribution < 1.29 is 5.11 Å². The van der Waals surface area contributed by atoms with Gasteiger partial charge in [0.15, 0.2) is 5.15 Å². The normalized spacial score (nSPS) is 9.80. The van der Waals surface area contributed by atoms with Crippen LogP contribution >= 0.6 is 11.6 Å². The van der Waals surface area contributed by atoms with Crippen molar-refractivity contribution in [3.63, 3.8) is 0 Å². The van der Waals surface area contributed by atoms with Gasteiger partial charge in [0, 0.05) is 13.0 Å². The van der Waals surface area contributed by atoms with Gasteiger partial charge in [-0.1, -0.05) is 11.6 Å². The molecule has 1 rings (SSSR count). The van der Waals surface area contributed by atoms with Gasteiger partial charge in [0.05, 0.1) is 5.69 Å². The molecule has 0 bridgehead atoms. The predicted octanol–water partition coefficient (Wildman–Crippen LogP) is 0.665. The fourth-order valence-electron chi connectivity index (χ4n) is 0.591. The molecule has 0 radical (unpaired) electrons. The number of aliphatic hydroxyl groups excluding tert-OH is 1. The zero-order chi connectivity index (χ0) is 7.40. The second-order valence-corrected chi connectivity index (χ2v) is 2.21. The van der Waals surface area contributed by atoms with Crippen LogP contribution in [0.5, 0.6) is 0 Å². The smallest absolute Gasteiger partial charge is 0.151 e. The summed E-state index contributed by atoms with van der Waals surface area (Å²) in [4.78, 5) is 0. The number of halogens is 1. The molecule has 0 saturated carbocycles. The number of aromatic nitrogens is 2. The molecule has 0 aliphatic rings. The minimum Gasteiger partial charge on any atom is -0.396 e. The van der Waals surface area contributed by atoms with Crippen LogP contribution in [0.4, 0.5) is 0 Å². The third-order valence-electron chi connectivity index (χ3n) is 1.06. The Bertz CT molecular complexity index is 199. The van der Waals surface area contributed by atoms with Gasteiger partial charge >= 0.3 is 0 Å². The maximum atomic E-state index is 8.49. The fourth-order valence-corrected chi connectivity index (χ4v) is 0.692. The van der Waals surface area contributed by atoms with Gasteiger partial charge in [0.25, 0.3) is 0 Å². The van der Waals surface area contributed by atoms with Gasteiger partial charge in [-0.05, 0) is 12.1 Å². The van der Waals surface area contributed by atoms with Crippen molar-refractivity contribution >= 4 is 11.6 Å². The van der Waals surface area contributed by atoms with Crippen LogP contribution in [-0.4, -0.2) is 21.9 Å². The Morgan fingerprint density at radius 3 is 2.70 bits per heavy atom. The standard InChI is InChI=1S/C6H7ClN2O/c7-6-2-1-5(3-4-10)8-9-6/h1-2,10H,3-4H2. The Kier molecular flexibility index (Phi) is 2.59. The summed E-state index contributed by atoms with van der Waals surface area (Å²) in [5, 5.41) is 16.2. The quantitative estimate of drug-likeness (QED) is 0.688. The summed E-state index contributed by atoms with van der Waals surface area (Å²) >= 11 is 5.48. The zero-order valence-electron chi connectivity index (χ0n) is 5.29. The van der Waals surface area contributed by atoms with Crippen molar-refractivity contribution in [1.29, 1.82) is 0 Å². The van der Waals surface area contributed by atoms with Gasteiger partial charge in [0.1, 0.15) is 0 Å². The Morgan fingerprint density at radius 1 is 1.40 bits per heavy atom. The van der Waals surface area contributed by atoms with E-state index in [4.69, 9.17) is 16.7 Å². The first-order chi connectivity index (χ1) is 4.83. The molecular formula is C6H7ClN2O. The van der Waals surface area contributed by atoms with E-state index in [1.54, 1.807) is 12.1 Å². The highest BCUT2D eigenvalue weighted by atomic mass is 35.5. The molecule has 1 aromatic rings. The monoisotopic (exact) mass is 158 g/mol. The lowest BCUT2D eigenvalue weighted by atomic mass is 10.3. The number of hydrogen-bond donors (Lipinski definition) is 1. The van der Waals surface area contributed by atoms with E-state index >= 15 is 0 Å². The zero-order valence-corrected chi connectivity index (χ0v) is 6.04. The molecule has 0 amide bonds. The lowest BCUT2D eigenvalue weighted by Gasteiger charge is -1.93. The SMILES string of the molecule is OCCc1ccc(Cl)nn1. The molecule has 10 heavy (non-hydrogen) atoms. The Balaban J connectivity index is 2.69. The fraction of sp³-hybridized carbons (Fsp3) is 0.333. The lowest BCUT2D eigenvalue weighted by molar-refractivity contribution is 0.298. The van der Waals surface area contributed by atoms with E-state index in [0.29, 0.717) is 11.6 Å². The van der Waals surface area contributed by atoms with Crippen molar-refractivity contribution in [1.82, 2.24) is 10.2 Å². The molecule has 0 aliphatic carbocycles. The maximum Gasteiger partial charge on any atom is 0.151 e. The largest absolute Gasteiger partial charge is 0.396 e. The van der Waals surface area contributed by atoms with Crippen molar-refractivity contribution in [2.45, 2.75) is 6.42 Å². The summed E-state index contributed by atoms with van der Waals surface area (Å²) in [5.74, 6) is 0. The van der Waals surface area contributed by atoms with E-state index in [9.17, 15) is 0 Å². The molecule has 4 heteroatoms. The molecule has 0 saturated heterocycles. The van der Waals surface area contributed by atoms with Gasteiger partial charge in [-0.2, -0.15) is 5.10 Å². The summed E-state index contributed by atoms with van der Waals surface area (Å²) in [7, 11) is 0. The molecule has 0 aromatic carbocycles.